The quantitative estimate of drug-likeness (QED) is 0.217. The van der Waals surface area contributed by atoms with Crippen LogP contribution in [0.25, 0.3) is 16.8 Å². The number of rotatable bonds is 8. The van der Waals surface area contributed by atoms with Gasteiger partial charge in [0.15, 0.2) is 5.65 Å². The molecule has 0 unspecified atom stereocenters. The van der Waals surface area contributed by atoms with Crippen molar-refractivity contribution in [2.45, 2.75) is 44.2 Å². The van der Waals surface area contributed by atoms with Crippen LogP contribution in [0.5, 0.6) is 0 Å². The normalized spacial score (nSPS) is 12.2. The largest absolute Gasteiger partial charge is 0.416 e. The van der Waals surface area contributed by atoms with Crippen LogP contribution in [0.3, 0.4) is 0 Å². The fraction of sp³-hybridized carbons (Fsp3) is 0.226. The molecule has 0 saturated carbocycles. The first-order valence-corrected chi connectivity index (χ1v) is 12.5. The Balaban J connectivity index is 1.64. The Morgan fingerprint density at radius 2 is 1.35 bits per heavy atom. The Labute approximate surface area is 214 Å². The highest BCUT2D eigenvalue weighted by atomic mass is 19.4. The van der Waals surface area contributed by atoms with Crippen LogP contribution in [0.4, 0.5) is 13.2 Å². The van der Waals surface area contributed by atoms with Crippen LogP contribution < -0.4 is 0 Å². The first-order chi connectivity index (χ1) is 17.9. The standard InChI is InChI=1S/C31H28F3N3/c1-2-18-30(20-23-9-5-3-6-10-23,21-24-11-7-4-8-12-24)28-17-19-35-29-27(22-36-37(28)29)25-13-15-26(16-14-25)31(32,33)34/h3-17,19,22H,2,18,20-21H2,1H3. The second-order valence-corrected chi connectivity index (χ2v) is 9.55. The average molecular weight is 500 g/mol. The summed E-state index contributed by atoms with van der Waals surface area (Å²) in [6.45, 7) is 2.19. The third-order valence-electron chi connectivity index (χ3n) is 6.97. The monoisotopic (exact) mass is 499 g/mol. The smallest absolute Gasteiger partial charge is 0.236 e. The van der Waals surface area contributed by atoms with Crippen LogP contribution >= 0.6 is 0 Å². The lowest BCUT2D eigenvalue weighted by atomic mass is 9.71. The fourth-order valence-electron chi connectivity index (χ4n) is 5.34. The Morgan fingerprint density at radius 3 is 1.89 bits per heavy atom. The molecule has 0 atom stereocenters. The van der Waals surface area contributed by atoms with Gasteiger partial charge in [-0.15, -0.1) is 0 Å². The Bertz CT molecular complexity index is 1420. The first kappa shape index (κ1) is 24.8. The summed E-state index contributed by atoms with van der Waals surface area (Å²) in [5, 5.41) is 4.73. The predicted octanol–water partition coefficient (Wildman–Crippen LogP) is 7.94. The molecule has 0 aliphatic rings. The maximum Gasteiger partial charge on any atom is 0.416 e. The number of aromatic nitrogens is 3. The van der Waals surface area contributed by atoms with Gasteiger partial charge in [-0.25, -0.2) is 9.50 Å². The van der Waals surface area contributed by atoms with E-state index in [0.717, 1.165) is 43.5 Å². The van der Waals surface area contributed by atoms with Gasteiger partial charge in [0.25, 0.3) is 0 Å². The minimum atomic E-state index is -4.38. The molecule has 5 aromatic rings. The van der Waals surface area contributed by atoms with Gasteiger partial charge in [0, 0.05) is 17.2 Å². The SMILES string of the molecule is CCCC(Cc1ccccc1)(Cc1ccccc1)c1ccnc2c(-c3ccc(C(F)(F)F)cc3)cnn12. The summed E-state index contributed by atoms with van der Waals surface area (Å²) in [6.07, 6.45) is 2.69. The summed E-state index contributed by atoms with van der Waals surface area (Å²) in [4.78, 5) is 4.62. The molecule has 0 spiro atoms. The van der Waals surface area contributed by atoms with E-state index in [2.05, 4.69) is 60.4 Å². The molecule has 2 aromatic heterocycles. The Morgan fingerprint density at radius 1 is 0.757 bits per heavy atom. The van der Waals surface area contributed by atoms with Gasteiger partial charge in [0.05, 0.1) is 17.5 Å². The van der Waals surface area contributed by atoms with Crippen LogP contribution in [0, 0.1) is 0 Å². The fourth-order valence-corrected chi connectivity index (χ4v) is 5.34. The average Bonchev–Trinajstić information content (AvgIpc) is 3.34. The van der Waals surface area contributed by atoms with Crippen molar-refractivity contribution in [2.75, 3.05) is 0 Å². The molecular weight excluding hydrogens is 471 g/mol. The number of nitrogens with zero attached hydrogens (tertiary/aromatic N) is 3. The molecule has 0 aliphatic heterocycles. The molecule has 0 N–H and O–H groups in total. The molecule has 0 amide bonds. The lowest BCUT2D eigenvalue weighted by molar-refractivity contribution is -0.137. The van der Waals surface area contributed by atoms with Gasteiger partial charge in [-0.05, 0) is 54.2 Å². The summed E-state index contributed by atoms with van der Waals surface area (Å²) in [5.41, 5.74) is 4.60. The van der Waals surface area contributed by atoms with E-state index in [-0.39, 0.29) is 5.41 Å². The van der Waals surface area contributed by atoms with Gasteiger partial charge in [-0.2, -0.15) is 18.3 Å². The van der Waals surface area contributed by atoms with Crippen LogP contribution in [0.2, 0.25) is 0 Å². The van der Waals surface area contributed by atoms with Gasteiger partial charge in [-0.1, -0.05) is 86.1 Å². The van der Waals surface area contributed by atoms with Crippen molar-refractivity contribution in [3.63, 3.8) is 0 Å². The number of hydrogen-bond donors (Lipinski definition) is 0. The molecule has 3 aromatic carbocycles. The van der Waals surface area contributed by atoms with E-state index >= 15 is 0 Å². The minimum absolute atomic E-state index is 0.262. The van der Waals surface area contributed by atoms with E-state index in [1.54, 1.807) is 12.4 Å². The van der Waals surface area contributed by atoms with E-state index in [0.29, 0.717) is 16.8 Å². The van der Waals surface area contributed by atoms with Crippen LogP contribution in [-0.2, 0) is 24.4 Å². The maximum absolute atomic E-state index is 13.1. The number of halogens is 3. The van der Waals surface area contributed by atoms with E-state index < -0.39 is 11.7 Å². The number of fused-ring (bicyclic) bond motifs is 1. The van der Waals surface area contributed by atoms with Gasteiger partial charge in [0.2, 0.25) is 0 Å². The molecule has 0 saturated heterocycles. The Kier molecular flexibility index (Phi) is 6.83. The second kappa shape index (κ2) is 10.2. The highest BCUT2D eigenvalue weighted by molar-refractivity contribution is 5.77. The molecular formula is C31H28F3N3. The van der Waals surface area contributed by atoms with Crippen molar-refractivity contribution in [1.29, 1.82) is 0 Å². The Hall–Kier alpha value is -3.93. The van der Waals surface area contributed by atoms with Crippen LogP contribution in [0.15, 0.2) is 103 Å². The molecule has 188 valence electrons. The summed E-state index contributed by atoms with van der Waals surface area (Å²) >= 11 is 0. The van der Waals surface area contributed by atoms with Crippen LogP contribution in [-0.4, -0.2) is 14.6 Å². The molecule has 0 aliphatic carbocycles. The molecule has 3 nitrogen and oxygen atoms in total. The minimum Gasteiger partial charge on any atom is -0.236 e. The van der Waals surface area contributed by atoms with Crippen LogP contribution in [0.1, 0.15) is 42.1 Å². The van der Waals surface area contributed by atoms with Crippen molar-refractivity contribution in [1.82, 2.24) is 14.6 Å². The third kappa shape index (κ3) is 5.15. The van der Waals surface area contributed by atoms with Crippen molar-refractivity contribution in [3.05, 3.63) is 126 Å². The lowest BCUT2D eigenvalue weighted by Crippen LogP contribution is -2.34. The molecule has 0 fully saturated rings. The molecule has 0 radical (unpaired) electrons. The predicted molar refractivity (Wildman–Crippen MR) is 140 cm³/mol. The maximum atomic E-state index is 13.1. The summed E-state index contributed by atoms with van der Waals surface area (Å²) in [7, 11) is 0. The van der Waals surface area contributed by atoms with Crippen molar-refractivity contribution >= 4 is 5.65 Å². The van der Waals surface area contributed by atoms with E-state index in [9.17, 15) is 13.2 Å². The van der Waals surface area contributed by atoms with Crippen molar-refractivity contribution in [3.8, 4) is 11.1 Å². The van der Waals surface area contributed by atoms with Gasteiger partial charge >= 0.3 is 6.18 Å². The number of benzene rings is 3. The zero-order valence-corrected chi connectivity index (χ0v) is 20.6. The van der Waals surface area contributed by atoms with E-state index in [1.165, 1.54) is 23.3 Å². The van der Waals surface area contributed by atoms with Gasteiger partial charge < -0.3 is 0 Å². The summed E-state index contributed by atoms with van der Waals surface area (Å²) in [5.74, 6) is 0. The molecule has 5 rings (SSSR count). The van der Waals surface area contributed by atoms with Gasteiger partial charge in [-0.3, -0.25) is 0 Å². The van der Waals surface area contributed by atoms with E-state index in [1.807, 2.05) is 22.7 Å². The van der Waals surface area contributed by atoms with E-state index in [4.69, 9.17) is 5.10 Å². The first-order valence-electron chi connectivity index (χ1n) is 12.5. The summed E-state index contributed by atoms with van der Waals surface area (Å²) < 4.78 is 41.2. The second-order valence-electron chi connectivity index (χ2n) is 9.55. The summed E-state index contributed by atoms with van der Waals surface area (Å²) in [6, 6.07) is 28.2. The zero-order chi connectivity index (χ0) is 25.9. The highest BCUT2D eigenvalue weighted by Gasteiger charge is 2.35. The zero-order valence-electron chi connectivity index (χ0n) is 20.6. The molecule has 2 heterocycles. The van der Waals surface area contributed by atoms with Gasteiger partial charge in [0.1, 0.15) is 0 Å². The number of alkyl halides is 3. The van der Waals surface area contributed by atoms with Crippen molar-refractivity contribution < 1.29 is 13.2 Å². The lowest BCUT2D eigenvalue weighted by Gasteiger charge is -2.35. The highest BCUT2D eigenvalue weighted by Crippen LogP contribution is 2.38. The van der Waals surface area contributed by atoms with Crippen molar-refractivity contribution in [2.24, 2.45) is 0 Å². The molecule has 0 bridgehead atoms. The molecule has 6 heteroatoms. The topological polar surface area (TPSA) is 30.2 Å². The third-order valence-corrected chi connectivity index (χ3v) is 6.97. The number of hydrogen-bond acceptors (Lipinski definition) is 2. The molecule has 37 heavy (non-hydrogen) atoms.